The van der Waals surface area contributed by atoms with E-state index in [1.807, 2.05) is 40.7 Å². The average molecular weight is 1110 g/mol. The molecule has 1 N–H and O–H groups in total. The van der Waals surface area contributed by atoms with Gasteiger partial charge in [-0.15, -0.1) is 22.7 Å². The highest BCUT2D eigenvalue weighted by atomic mass is 32.1. The quantitative estimate of drug-likeness (QED) is 0.125. The van der Waals surface area contributed by atoms with Crippen molar-refractivity contribution >= 4 is 85.0 Å². The summed E-state index contributed by atoms with van der Waals surface area (Å²) >= 11 is 3.10. The number of rotatable bonds is 12. The monoisotopic (exact) mass is 1110 g/mol. The number of halogens is 2. The lowest BCUT2D eigenvalue weighted by Crippen LogP contribution is -2.50. The molecule has 79 heavy (non-hydrogen) atoms. The number of aryl methyl sites for hydroxylation is 2. The Hall–Kier alpha value is -7.49. The zero-order valence-corrected chi connectivity index (χ0v) is 46.9. The number of fused-ring (bicyclic) bond motifs is 2. The Labute approximate surface area is 466 Å². The summed E-state index contributed by atoms with van der Waals surface area (Å²) in [4.78, 5) is 71.7. The maximum Gasteiger partial charge on any atom is 0.227 e. The zero-order chi connectivity index (χ0) is 54.9. The van der Waals surface area contributed by atoms with Crippen LogP contribution < -0.4 is 24.9 Å². The van der Waals surface area contributed by atoms with E-state index in [2.05, 4.69) is 78.2 Å². The van der Waals surface area contributed by atoms with Crippen molar-refractivity contribution in [3.8, 4) is 22.5 Å². The standard InChI is InChI=1S/C30H34FN7O2S.C28H32FN7OS/c1-4-25-28(34(3)30-33-26(19-41-30)21-5-7-23(31)8-6-21)38-18-24(9-10-27(38)32-25)35-13-15-36(16-14-35)29(40)22-11-12-37(17-22)20(2)39;1-3-23-26(33(2)28-32-24(18-38-28)19-4-6-21(29)7-5-19)36-17-22(8-9-25(36)31-23)34-12-14-35(15-13-34)27(37)20-10-11-30-16-20/h5-10,18-19,22H,4,11-17H2,1-3H3;4-9,17-18,20,30H,3,10-16H2,1-2H3. The summed E-state index contributed by atoms with van der Waals surface area (Å²) in [5.74, 6) is 1.98. The number of nitrogens with zero attached hydrogens (tertiary/aromatic N) is 13. The van der Waals surface area contributed by atoms with E-state index >= 15 is 0 Å². The number of pyridine rings is 2. The van der Waals surface area contributed by atoms with Gasteiger partial charge >= 0.3 is 0 Å². The second kappa shape index (κ2) is 23.1. The highest BCUT2D eigenvalue weighted by molar-refractivity contribution is 7.14. The molecule has 0 bridgehead atoms. The van der Waals surface area contributed by atoms with Crippen LogP contribution in [0, 0.1) is 23.5 Å². The van der Waals surface area contributed by atoms with Crippen molar-refractivity contribution in [1.29, 1.82) is 0 Å². The number of hydrogen-bond acceptors (Lipinski definition) is 14. The van der Waals surface area contributed by atoms with Gasteiger partial charge in [0.2, 0.25) is 17.7 Å². The van der Waals surface area contributed by atoms with E-state index in [4.69, 9.17) is 19.9 Å². The van der Waals surface area contributed by atoms with E-state index in [9.17, 15) is 23.2 Å². The molecule has 4 aliphatic rings. The van der Waals surface area contributed by atoms with E-state index in [1.165, 1.54) is 24.3 Å². The third-order valence-corrected chi connectivity index (χ3v) is 17.6. The summed E-state index contributed by atoms with van der Waals surface area (Å²) in [5.41, 5.74) is 9.34. The summed E-state index contributed by atoms with van der Waals surface area (Å²) in [6, 6.07) is 21.2. The molecule has 2 aromatic carbocycles. The number of imidazole rings is 2. The summed E-state index contributed by atoms with van der Waals surface area (Å²) in [5, 5.41) is 8.97. The minimum Gasteiger partial charge on any atom is -0.367 e. The summed E-state index contributed by atoms with van der Waals surface area (Å²) in [7, 11) is 4.02. The van der Waals surface area contributed by atoms with E-state index in [0.29, 0.717) is 32.1 Å². The molecule has 0 radical (unpaired) electrons. The Kier molecular flexibility index (Phi) is 15.6. The number of nitrogens with one attached hydrogen (secondary N) is 1. The second-order valence-electron chi connectivity index (χ2n) is 20.6. The van der Waals surface area contributed by atoms with E-state index in [1.54, 1.807) is 58.8 Å². The lowest BCUT2D eigenvalue weighted by Gasteiger charge is -2.37. The third-order valence-electron chi connectivity index (χ3n) is 15.7. The van der Waals surface area contributed by atoms with Crippen LogP contribution in [0.4, 0.5) is 42.1 Å². The van der Waals surface area contributed by atoms with Gasteiger partial charge < -0.3 is 39.6 Å². The van der Waals surface area contributed by atoms with Gasteiger partial charge in [0.05, 0.1) is 46.0 Å². The first kappa shape index (κ1) is 53.5. The lowest BCUT2D eigenvalue weighted by atomic mass is 10.1. The molecule has 8 aromatic rings. The number of benzene rings is 2. The predicted molar refractivity (Wildman–Crippen MR) is 309 cm³/mol. The maximum atomic E-state index is 13.4. The number of thiazole rings is 2. The molecule has 4 aliphatic heterocycles. The van der Waals surface area contributed by atoms with Gasteiger partial charge in [-0.3, -0.25) is 23.2 Å². The minimum absolute atomic E-state index is 0.0411. The Morgan fingerprint density at radius 1 is 0.582 bits per heavy atom. The van der Waals surface area contributed by atoms with Crippen LogP contribution in [0.25, 0.3) is 33.8 Å². The molecule has 0 saturated carbocycles. The molecule has 4 fully saturated rings. The number of likely N-dealkylation sites (tertiary alicyclic amines) is 1. The Morgan fingerprint density at radius 2 is 1.04 bits per heavy atom. The van der Waals surface area contributed by atoms with Crippen molar-refractivity contribution in [1.82, 2.24) is 48.8 Å². The lowest BCUT2D eigenvalue weighted by molar-refractivity contribution is -0.136. The largest absolute Gasteiger partial charge is 0.367 e. The molecule has 412 valence electrons. The van der Waals surface area contributed by atoms with Crippen molar-refractivity contribution in [2.45, 2.75) is 46.5 Å². The number of carbonyl (C=O) groups is 3. The molecular formula is C58H66F2N14O3S2. The van der Waals surface area contributed by atoms with Crippen molar-refractivity contribution in [2.24, 2.45) is 11.8 Å². The topological polar surface area (TPSA) is 146 Å². The van der Waals surface area contributed by atoms with Crippen LogP contribution in [-0.4, -0.2) is 154 Å². The van der Waals surface area contributed by atoms with Crippen LogP contribution in [0.3, 0.4) is 0 Å². The van der Waals surface area contributed by atoms with Gasteiger partial charge in [-0.1, -0.05) is 13.8 Å². The maximum absolute atomic E-state index is 13.4. The first-order valence-electron chi connectivity index (χ1n) is 27.3. The Bertz CT molecular complexity index is 3470. The van der Waals surface area contributed by atoms with Crippen LogP contribution in [0.2, 0.25) is 0 Å². The molecule has 6 aromatic heterocycles. The zero-order valence-electron chi connectivity index (χ0n) is 45.3. The minimum atomic E-state index is -0.265. The fourth-order valence-corrected chi connectivity index (χ4v) is 12.8. The molecule has 3 amide bonds. The number of amides is 3. The van der Waals surface area contributed by atoms with Crippen molar-refractivity contribution in [3.63, 3.8) is 0 Å². The Morgan fingerprint density at radius 3 is 1.44 bits per heavy atom. The van der Waals surface area contributed by atoms with E-state index in [-0.39, 0.29) is 35.3 Å². The highest BCUT2D eigenvalue weighted by Gasteiger charge is 2.35. The van der Waals surface area contributed by atoms with E-state index < -0.39 is 0 Å². The van der Waals surface area contributed by atoms with Crippen LogP contribution in [0.15, 0.2) is 96.0 Å². The third kappa shape index (κ3) is 11.1. The second-order valence-corrected chi connectivity index (χ2v) is 22.3. The fraction of sp³-hybridized carbons (Fsp3) is 0.397. The fourth-order valence-electron chi connectivity index (χ4n) is 11.2. The molecule has 10 heterocycles. The first-order valence-corrected chi connectivity index (χ1v) is 29.1. The summed E-state index contributed by atoms with van der Waals surface area (Å²) in [6.45, 7) is 14.6. The predicted octanol–water partition coefficient (Wildman–Crippen LogP) is 8.63. The van der Waals surface area contributed by atoms with Gasteiger partial charge in [-0.2, -0.15) is 0 Å². The Balaban J connectivity index is 0.000000168. The SMILES string of the molecule is CCc1nc2ccc(N3CCN(C(=O)C4CCN(C(C)=O)C4)CC3)cn2c1N(C)c1nc(-c2ccc(F)cc2)cs1.CCc1nc2ccc(N3CCN(C(=O)C4CCNC4)CC3)cn2c1N(C)c1nc(-c2ccc(F)cc2)cs1. The summed E-state index contributed by atoms with van der Waals surface area (Å²) < 4.78 is 31.1. The number of anilines is 6. The molecular weight excluding hydrogens is 1040 g/mol. The molecule has 4 saturated heterocycles. The molecule has 17 nitrogen and oxygen atoms in total. The van der Waals surface area contributed by atoms with Gasteiger partial charge in [-0.25, -0.2) is 28.7 Å². The number of hydrogen-bond donors (Lipinski definition) is 1. The molecule has 2 unspecified atom stereocenters. The van der Waals surface area contributed by atoms with Gasteiger partial charge in [0.15, 0.2) is 10.3 Å². The molecule has 0 aliphatic carbocycles. The highest BCUT2D eigenvalue weighted by Crippen LogP contribution is 2.37. The molecule has 2 atom stereocenters. The van der Waals surface area contributed by atoms with Gasteiger partial charge in [0.1, 0.15) is 34.6 Å². The van der Waals surface area contributed by atoms with E-state index in [0.717, 1.165) is 157 Å². The van der Waals surface area contributed by atoms with Crippen molar-refractivity contribution in [2.75, 3.05) is 112 Å². The number of aromatic nitrogens is 6. The van der Waals surface area contributed by atoms with Gasteiger partial charge in [0.25, 0.3) is 0 Å². The molecule has 21 heteroatoms. The molecule has 12 rings (SSSR count). The smallest absolute Gasteiger partial charge is 0.227 e. The summed E-state index contributed by atoms with van der Waals surface area (Å²) in [6.07, 6.45) is 7.54. The molecule has 0 spiro atoms. The average Bonchev–Trinajstić information content (AvgIpc) is 4.45. The number of carbonyl (C=O) groups excluding carboxylic acids is 3. The van der Waals surface area contributed by atoms with Crippen molar-refractivity contribution < 1.29 is 23.2 Å². The van der Waals surface area contributed by atoms with Crippen LogP contribution >= 0.6 is 22.7 Å². The number of piperazine rings is 2. The van der Waals surface area contributed by atoms with Gasteiger partial charge in [0, 0.05) is 127 Å². The normalized spacial score (nSPS) is 17.7. The van der Waals surface area contributed by atoms with Crippen LogP contribution in [0.5, 0.6) is 0 Å². The van der Waals surface area contributed by atoms with Crippen LogP contribution in [0.1, 0.15) is 45.0 Å². The van der Waals surface area contributed by atoms with Crippen molar-refractivity contribution in [3.05, 3.63) is 119 Å². The first-order chi connectivity index (χ1) is 38.3. The van der Waals surface area contributed by atoms with Gasteiger partial charge in [-0.05, 0) is 105 Å². The van der Waals surface area contributed by atoms with Crippen LogP contribution in [-0.2, 0) is 27.2 Å².